The van der Waals surface area contributed by atoms with Crippen molar-refractivity contribution in [2.45, 2.75) is 45.4 Å². The number of aryl methyl sites for hydroxylation is 1. The van der Waals surface area contributed by atoms with E-state index < -0.39 is 0 Å². The van der Waals surface area contributed by atoms with Crippen LogP contribution in [0.1, 0.15) is 60.1 Å². The van der Waals surface area contributed by atoms with Crippen LogP contribution >= 0.6 is 0 Å². The molecular formula is C13H19NO2. The standard InChI is InChI=1S/C13H19NO2/c1-3-16-13(15)11-9(2)8-14-12(11)10-6-4-5-7-10/h8,10,14H,3-7H2,1-2H3. The van der Waals surface area contributed by atoms with Crippen LogP contribution in [0, 0.1) is 6.92 Å². The van der Waals surface area contributed by atoms with Gasteiger partial charge < -0.3 is 9.72 Å². The van der Waals surface area contributed by atoms with Gasteiger partial charge in [0.25, 0.3) is 0 Å². The van der Waals surface area contributed by atoms with Crippen molar-refractivity contribution in [1.82, 2.24) is 4.98 Å². The van der Waals surface area contributed by atoms with Crippen molar-refractivity contribution in [3.8, 4) is 0 Å². The first-order valence-corrected chi connectivity index (χ1v) is 6.09. The van der Waals surface area contributed by atoms with E-state index in [2.05, 4.69) is 4.98 Å². The van der Waals surface area contributed by atoms with Crippen LogP contribution in [-0.2, 0) is 4.74 Å². The van der Waals surface area contributed by atoms with Crippen molar-refractivity contribution in [2.75, 3.05) is 6.61 Å². The van der Waals surface area contributed by atoms with Gasteiger partial charge in [-0.05, 0) is 38.2 Å². The van der Waals surface area contributed by atoms with E-state index in [1.54, 1.807) is 0 Å². The number of H-pyrrole nitrogens is 1. The predicted molar refractivity (Wildman–Crippen MR) is 62.7 cm³/mol. The van der Waals surface area contributed by atoms with Crippen LogP contribution in [0.4, 0.5) is 0 Å². The van der Waals surface area contributed by atoms with E-state index in [1.165, 1.54) is 25.7 Å². The number of aromatic amines is 1. The molecule has 1 aromatic heterocycles. The molecule has 0 unspecified atom stereocenters. The van der Waals surface area contributed by atoms with Crippen LogP contribution in [0.15, 0.2) is 6.20 Å². The molecule has 1 heterocycles. The molecule has 0 radical (unpaired) electrons. The summed E-state index contributed by atoms with van der Waals surface area (Å²) in [5.41, 5.74) is 2.86. The molecule has 0 aromatic carbocycles. The molecule has 0 saturated heterocycles. The lowest BCUT2D eigenvalue weighted by molar-refractivity contribution is 0.0524. The van der Waals surface area contributed by atoms with Crippen LogP contribution < -0.4 is 0 Å². The fourth-order valence-corrected chi connectivity index (χ4v) is 2.55. The maximum absolute atomic E-state index is 11.9. The van der Waals surface area contributed by atoms with Gasteiger partial charge in [0.05, 0.1) is 12.2 Å². The first-order valence-electron chi connectivity index (χ1n) is 6.09. The molecule has 1 aliphatic rings. The fraction of sp³-hybridized carbons (Fsp3) is 0.615. The number of hydrogen-bond donors (Lipinski definition) is 1. The molecule has 3 nitrogen and oxygen atoms in total. The number of nitrogens with one attached hydrogen (secondary N) is 1. The highest BCUT2D eigenvalue weighted by atomic mass is 16.5. The predicted octanol–water partition coefficient (Wildman–Crippen LogP) is 3.16. The van der Waals surface area contributed by atoms with E-state index >= 15 is 0 Å². The van der Waals surface area contributed by atoms with E-state index in [-0.39, 0.29) is 5.97 Å². The first-order chi connectivity index (χ1) is 7.74. The van der Waals surface area contributed by atoms with Crippen LogP contribution in [0.5, 0.6) is 0 Å². The summed E-state index contributed by atoms with van der Waals surface area (Å²) >= 11 is 0. The Kier molecular flexibility index (Phi) is 3.32. The number of aromatic nitrogens is 1. The van der Waals surface area contributed by atoms with Gasteiger partial charge in [-0.25, -0.2) is 4.79 Å². The minimum atomic E-state index is -0.178. The van der Waals surface area contributed by atoms with Gasteiger partial charge in [-0.3, -0.25) is 0 Å². The number of carbonyl (C=O) groups excluding carboxylic acids is 1. The Morgan fingerprint density at radius 3 is 2.81 bits per heavy atom. The summed E-state index contributed by atoms with van der Waals surface area (Å²) in [6.45, 7) is 4.24. The van der Waals surface area contributed by atoms with Crippen molar-refractivity contribution in [1.29, 1.82) is 0 Å². The second-order valence-electron chi connectivity index (χ2n) is 4.46. The first kappa shape index (κ1) is 11.2. The molecule has 3 heteroatoms. The van der Waals surface area contributed by atoms with Crippen LogP contribution in [0.3, 0.4) is 0 Å². The molecule has 0 amide bonds. The Bertz CT molecular complexity index is 375. The molecular weight excluding hydrogens is 202 g/mol. The largest absolute Gasteiger partial charge is 0.462 e. The molecule has 0 atom stereocenters. The summed E-state index contributed by atoms with van der Waals surface area (Å²) in [4.78, 5) is 15.1. The average molecular weight is 221 g/mol. The third kappa shape index (κ3) is 1.99. The highest BCUT2D eigenvalue weighted by Crippen LogP contribution is 2.36. The summed E-state index contributed by atoms with van der Waals surface area (Å²) in [5, 5.41) is 0. The van der Waals surface area contributed by atoms with Crippen molar-refractivity contribution < 1.29 is 9.53 Å². The average Bonchev–Trinajstić information content (AvgIpc) is 2.86. The lowest BCUT2D eigenvalue weighted by Crippen LogP contribution is -2.09. The molecule has 16 heavy (non-hydrogen) atoms. The number of ether oxygens (including phenoxy) is 1. The second kappa shape index (κ2) is 4.73. The van der Waals surface area contributed by atoms with Crippen molar-refractivity contribution in [3.05, 3.63) is 23.0 Å². The SMILES string of the molecule is CCOC(=O)c1c(C)c[nH]c1C1CCCC1. The zero-order valence-corrected chi connectivity index (χ0v) is 10.0. The summed E-state index contributed by atoms with van der Waals surface area (Å²) in [7, 11) is 0. The maximum Gasteiger partial charge on any atom is 0.340 e. The van der Waals surface area contributed by atoms with Crippen LogP contribution in [0.2, 0.25) is 0 Å². The van der Waals surface area contributed by atoms with Gasteiger partial charge in [-0.15, -0.1) is 0 Å². The van der Waals surface area contributed by atoms with Crippen molar-refractivity contribution in [3.63, 3.8) is 0 Å². The smallest absolute Gasteiger partial charge is 0.340 e. The fourth-order valence-electron chi connectivity index (χ4n) is 2.55. The zero-order chi connectivity index (χ0) is 11.5. The quantitative estimate of drug-likeness (QED) is 0.797. The number of rotatable bonds is 3. The number of carbonyl (C=O) groups is 1. The van der Waals surface area contributed by atoms with Gasteiger partial charge in [0.2, 0.25) is 0 Å². The molecule has 1 fully saturated rings. The molecule has 0 aliphatic heterocycles. The van der Waals surface area contributed by atoms with E-state index in [0.717, 1.165) is 16.8 Å². The third-order valence-corrected chi connectivity index (χ3v) is 3.35. The molecule has 88 valence electrons. The third-order valence-electron chi connectivity index (χ3n) is 3.35. The van der Waals surface area contributed by atoms with Crippen molar-refractivity contribution in [2.24, 2.45) is 0 Å². The summed E-state index contributed by atoms with van der Waals surface area (Å²) < 4.78 is 5.11. The van der Waals surface area contributed by atoms with Gasteiger partial charge >= 0.3 is 5.97 Å². The van der Waals surface area contributed by atoms with Gasteiger partial charge in [0.1, 0.15) is 0 Å². The topological polar surface area (TPSA) is 42.1 Å². The number of hydrogen-bond acceptors (Lipinski definition) is 2. The van der Waals surface area contributed by atoms with Gasteiger partial charge in [0, 0.05) is 11.9 Å². The second-order valence-corrected chi connectivity index (χ2v) is 4.46. The molecule has 1 saturated carbocycles. The van der Waals surface area contributed by atoms with E-state index in [0.29, 0.717) is 12.5 Å². The van der Waals surface area contributed by atoms with Gasteiger partial charge in [-0.2, -0.15) is 0 Å². The Morgan fingerprint density at radius 1 is 1.50 bits per heavy atom. The zero-order valence-electron chi connectivity index (χ0n) is 10.0. The van der Waals surface area contributed by atoms with E-state index in [4.69, 9.17) is 4.74 Å². The Labute approximate surface area is 96.2 Å². The van der Waals surface area contributed by atoms with E-state index in [1.807, 2.05) is 20.0 Å². The highest BCUT2D eigenvalue weighted by molar-refractivity contribution is 5.92. The summed E-state index contributed by atoms with van der Waals surface area (Å²) in [6.07, 6.45) is 6.83. The highest BCUT2D eigenvalue weighted by Gasteiger charge is 2.26. The van der Waals surface area contributed by atoms with Gasteiger partial charge in [0.15, 0.2) is 0 Å². The lowest BCUT2D eigenvalue weighted by Gasteiger charge is -2.10. The van der Waals surface area contributed by atoms with Crippen LogP contribution in [0.25, 0.3) is 0 Å². The molecule has 1 N–H and O–H groups in total. The maximum atomic E-state index is 11.9. The van der Waals surface area contributed by atoms with E-state index in [9.17, 15) is 4.79 Å². The molecule has 2 rings (SSSR count). The minimum absolute atomic E-state index is 0.178. The summed E-state index contributed by atoms with van der Waals surface area (Å²) in [5.74, 6) is 0.344. The molecule has 1 aromatic rings. The van der Waals surface area contributed by atoms with Crippen LogP contribution in [-0.4, -0.2) is 17.6 Å². The molecule has 0 bridgehead atoms. The summed E-state index contributed by atoms with van der Waals surface area (Å²) in [6, 6.07) is 0. The minimum Gasteiger partial charge on any atom is -0.462 e. The monoisotopic (exact) mass is 221 g/mol. The number of esters is 1. The Balaban J connectivity index is 2.27. The Hall–Kier alpha value is -1.25. The molecule has 0 spiro atoms. The molecule has 1 aliphatic carbocycles. The van der Waals surface area contributed by atoms with Crippen molar-refractivity contribution >= 4 is 5.97 Å². The normalized spacial score (nSPS) is 16.6. The lowest BCUT2D eigenvalue weighted by atomic mass is 9.99. The van der Waals surface area contributed by atoms with Gasteiger partial charge in [-0.1, -0.05) is 12.8 Å². The Morgan fingerprint density at radius 2 is 2.19 bits per heavy atom.